The molecule has 0 radical (unpaired) electrons. The van der Waals surface area contributed by atoms with Crippen molar-refractivity contribution < 1.29 is 18.7 Å². The number of rotatable bonds is 3. The van der Waals surface area contributed by atoms with Crippen LogP contribution in [0.15, 0.2) is 48.9 Å². The molecule has 158 valence electrons. The number of methoxy groups -OCH3 is 1. The van der Waals surface area contributed by atoms with Crippen molar-refractivity contribution in [2.24, 2.45) is 0 Å². The maximum atomic E-state index is 14.0. The number of aromatic nitrogens is 2. The lowest BCUT2D eigenvalue weighted by Gasteiger charge is -2.33. The standard InChI is InChI=1S/C22H14FN5O3S/c1-31-17-6-13(12(8-24)5-14(17)23)18-7-15-20(32-18)21(29)28(22(30)27-15)16-10-25-9-11-3-2-4-26-19(11)16/h2-7,9-10,15,20H,1H3,(H,27,30). The summed E-state index contributed by atoms with van der Waals surface area (Å²) in [5.41, 5.74) is 1.32. The zero-order valence-corrected chi connectivity index (χ0v) is 17.4. The minimum atomic E-state index is -0.663. The predicted octanol–water partition coefficient (Wildman–Crippen LogP) is 3.23. The van der Waals surface area contributed by atoms with Gasteiger partial charge in [-0.1, -0.05) is 0 Å². The summed E-state index contributed by atoms with van der Waals surface area (Å²) in [4.78, 5) is 36.3. The van der Waals surface area contributed by atoms with Gasteiger partial charge in [-0.05, 0) is 30.3 Å². The van der Waals surface area contributed by atoms with Gasteiger partial charge in [0.05, 0.1) is 42.2 Å². The number of amides is 3. The van der Waals surface area contributed by atoms with Crippen molar-refractivity contribution in [3.63, 3.8) is 0 Å². The molecule has 3 aromatic rings. The summed E-state index contributed by atoms with van der Waals surface area (Å²) < 4.78 is 19.1. The number of hydrogen-bond donors (Lipinski definition) is 1. The minimum absolute atomic E-state index is 0.0136. The predicted molar refractivity (Wildman–Crippen MR) is 116 cm³/mol. The van der Waals surface area contributed by atoms with Gasteiger partial charge in [0.15, 0.2) is 11.6 Å². The quantitative estimate of drug-likeness (QED) is 0.657. The molecule has 5 rings (SSSR count). The molecule has 2 aliphatic heterocycles. The molecule has 1 N–H and O–H groups in total. The van der Waals surface area contributed by atoms with Gasteiger partial charge in [-0.15, -0.1) is 11.8 Å². The van der Waals surface area contributed by atoms with Gasteiger partial charge in [0.25, 0.3) is 5.91 Å². The first kappa shape index (κ1) is 20.0. The van der Waals surface area contributed by atoms with E-state index in [1.54, 1.807) is 30.6 Å². The molecular formula is C22H14FN5O3S. The van der Waals surface area contributed by atoms with Crippen LogP contribution < -0.4 is 15.0 Å². The molecule has 2 aliphatic rings. The Kier molecular flexibility index (Phi) is 4.75. The lowest BCUT2D eigenvalue weighted by molar-refractivity contribution is -0.118. The number of anilines is 1. The Bertz CT molecular complexity index is 1360. The van der Waals surface area contributed by atoms with Crippen LogP contribution in [0.25, 0.3) is 15.8 Å². The van der Waals surface area contributed by atoms with E-state index >= 15 is 0 Å². The van der Waals surface area contributed by atoms with E-state index in [0.717, 1.165) is 11.0 Å². The second kappa shape index (κ2) is 7.62. The van der Waals surface area contributed by atoms with Gasteiger partial charge in [-0.3, -0.25) is 14.8 Å². The van der Waals surface area contributed by atoms with Crippen LogP contribution in [0.4, 0.5) is 14.9 Å². The number of carbonyl (C=O) groups excluding carboxylic acids is 2. The third-order valence-corrected chi connectivity index (χ3v) is 6.64. The molecule has 2 unspecified atom stereocenters. The number of imide groups is 1. The van der Waals surface area contributed by atoms with Crippen LogP contribution in [0.1, 0.15) is 11.1 Å². The number of nitrogens with one attached hydrogen (secondary N) is 1. The van der Waals surface area contributed by atoms with E-state index < -0.39 is 29.0 Å². The highest BCUT2D eigenvalue weighted by Gasteiger charge is 2.46. The third-order valence-electron chi connectivity index (χ3n) is 5.28. The monoisotopic (exact) mass is 447 g/mol. The summed E-state index contributed by atoms with van der Waals surface area (Å²) in [6, 6.07) is 6.86. The number of pyridine rings is 2. The van der Waals surface area contributed by atoms with E-state index in [2.05, 4.69) is 15.3 Å². The molecule has 4 heterocycles. The van der Waals surface area contributed by atoms with Gasteiger partial charge < -0.3 is 10.1 Å². The Labute approximate surface area is 185 Å². The van der Waals surface area contributed by atoms with Gasteiger partial charge in [-0.25, -0.2) is 14.1 Å². The van der Waals surface area contributed by atoms with Gasteiger partial charge >= 0.3 is 6.03 Å². The van der Waals surface area contributed by atoms with Crippen molar-refractivity contribution in [3.05, 3.63) is 65.9 Å². The van der Waals surface area contributed by atoms with E-state index in [-0.39, 0.29) is 11.3 Å². The molecule has 0 bridgehead atoms. The molecule has 32 heavy (non-hydrogen) atoms. The molecule has 10 heteroatoms. The fraction of sp³-hybridized carbons (Fsp3) is 0.136. The van der Waals surface area contributed by atoms with Crippen LogP contribution >= 0.6 is 11.8 Å². The van der Waals surface area contributed by atoms with E-state index in [0.29, 0.717) is 27.1 Å². The number of benzene rings is 1. The smallest absolute Gasteiger partial charge is 0.329 e. The SMILES string of the molecule is COc1cc(C2=CC3NC(=O)N(c4cncc5cccnc45)C(=O)C3S2)c(C#N)cc1F. The van der Waals surface area contributed by atoms with Crippen LogP contribution in [0, 0.1) is 17.1 Å². The van der Waals surface area contributed by atoms with E-state index in [1.807, 2.05) is 6.07 Å². The molecule has 1 saturated heterocycles. The number of halogens is 1. The number of thioether (sulfide) groups is 1. The summed E-state index contributed by atoms with van der Waals surface area (Å²) in [6.45, 7) is 0. The zero-order chi connectivity index (χ0) is 22.4. The highest BCUT2D eigenvalue weighted by Crippen LogP contribution is 2.44. The van der Waals surface area contributed by atoms with Crippen molar-refractivity contribution in [2.45, 2.75) is 11.3 Å². The van der Waals surface area contributed by atoms with Gasteiger partial charge in [0.2, 0.25) is 0 Å². The Balaban J connectivity index is 1.52. The number of carbonyl (C=O) groups is 2. The Morgan fingerprint density at radius 2 is 2.16 bits per heavy atom. The first-order valence-electron chi connectivity index (χ1n) is 9.51. The normalized spacial score (nSPS) is 19.9. The Hall–Kier alpha value is -3.97. The van der Waals surface area contributed by atoms with Gasteiger partial charge in [0, 0.05) is 28.2 Å². The molecule has 1 fully saturated rings. The Morgan fingerprint density at radius 3 is 2.94 bits per heavy atom. The maximum Gasteiger partial charge on any atom is 0.329 e. The average Bonchev–Trinajstić information content (AvgIpc) is 3.23. The number of nitrogens with zero attached hydrogens (tertiary/aromatic N) is 4. The summed E-state index contributed by atoms with van der Waals surface area (Å²) in [7, 11) is 1.33. The maximum absolute atomic E-state index is 14.0. The number of fused-ring (bicyclic) bond motifs is 2. The molecule has 1 aromatic carbocycles. The molecule has 3 amide bonds. The molecule has 2 aromatic heterocycles. The van der Waals surface area contributed by atoms with Crippen LogP contribution in [0.5, 0.6) is 5.75 Å². The number of hydrogen-bond acceptors (Lipinski definition) is 7. The number of ether oxygens (including phenoxy) is 1. The molecule has 2 atom stereocenters. The number of nitriles is 1. The topological polar surface area (TPSA) is 108 Å². The molecule has 8 nitrogen and oxygen atoms in total. The van der Waals surface area contributed by atoms with Crippen molar-refractivity contribution in [1.82, 2.24) is 15.3 Å². The summed E-state index contributed by atoms with van der Waals surface area (Å²) in [5.74, 6) is -1.09. The first-order valence-corrected chi connectivity index (χ1v) is 10.4. The fourth-order valence-electron chi connectivity index (χ4n) is 3.79. The van der Waals surface area contributed by atoms with Gasteiger partial charge in [-0.2, -0.15) is 5.26 Å². The van der Waals surface area contributed by atoms with Gasteiger partial charge in [0.1, 0.15) is 5.25 Å². The molecular weight excluding hydrogens is 433 g/mol. The van der Waals surface area contributed by atoms with Crippen LogP contribution in [-0.4, -0.2) is 40.3 Å². The van der Waals surface area contributed by atoms with Crippen molar-refractivity contribution >= 4 is 45.2 Å². The molecule has 0 aliphatic carbocycles. The Morgan fingerprint density at radius 1 is 1.31 bits per heavy atom. The zero-order valence-electron chi connectivity index (χ0n) is 16.6. The summed E-state index contributed by atoms with van der Waals surface area (Å²) in [5, 5.41) is 12.3. The summed E-state index contributed by atoms with van der Waals surface area (Å²) >= 11 is 1.20. The summed E-state index contributed by atoms with van der Waals surface area (Å²) in [6.07, 6.45) is 6.32. The third kappa shape index (κ3) is 3.06. The largest absolute Gasteiger partial charge is 0.494 e. The van der Waals surface area contributed by atoms with Crippen LogP contribution in [0.2, 0.25) is 0 Å². The first-order chi connectivity index (χ1) is 15.5. The van der Waals surface area contributed by atoms with Crippen molar-refractivity contribution in [3.8, 4) is 11.8 Å². The van der Waals surface area contributed by atoms with Crippen molar-refractivity contribution in [1.29, 1.82) is 5.26 Å². The highest BCUT2D eigenvalue weighted by atomic mass is 32.2. The van der Waals surface area contributed by atoms with E-state index in [4.69, 9.17) is 4.74 Å². The molecule has 0 saturated carbocycles. The lowest BCUT2D eigenvalue weighted by atomic mass is 10.0. The van der Waals surface area contributed by atoms with Crippen molar-refractivity contribution in [2.75, 3.05) is 12.0 Å². The van der Waals surface area contributed by atoms with E-state index in [1.165, 1.54) is 31.1 Å². The second-order valence-corrected chi connectivity index (χ2v) is 8.28. The average molecular weight is 447 g/mol. The van der Waals surface area contributed by atoms with Crippen LogP contribution in [0.3, 0.4) is 0 Å². The number of urea groups is 1. The fourth-order valence-corrected chi connectivity index (χ4v) is 5.09. The second-order valence-electron chi connectivity index (χ2n) is 7.10. The minimum Gasteiger partial charge on any atom is -0.494 e. The molecule has 0 spiro atoms. The lowest BCUT2D eigenvalue weighted by Crippen LogP contribution is -2.60. The highest BCUT2D eigenvalue weighted by molar-refractivity contribution is 8.09. The van der Waals surface area contributed by atoms with Crippen LogP contribution in [-0.2, 0) is 4.79 Å². The van der Waals surface area contributed by atoms with E-state index in [9.17, 15) is 19.2 Å².